The molecule has 0 N–H and O–H groups in total. The van der Waals surface area contributed by atoms with E-state index in [1.165, 1.54) is 12.4 Å². The topological polar surface area (TPSA) is 33.2 Å². The molecule has 0 spiro atoms. The summed E-state index contributed by atoms with van der Waals surface area (Å²) in [6, 6.07) is 1.58. The molecule has 0 fully saturated rings. The molecule has 0 aliphatic rings. The highest BCUT2D eigenvalue weighted by Crippen LogP contribution is 2.15. The Kier molecular flexibility index (Phi) is 5.88. The molecule has 3 nitrogen and oxygen atoms in total. The highest BCUT2D eigenvalue weighted by atomic mass is 35.5. The van der Waals surface area contributed by atoms with Crippen LogP contribution in [0.4, 0.5) is 0 Å². The summed E-state index contributed by atoms with van der Waals surface area (Å²) in [5.41, 5.74) is 0.423. The minimum absolute atomic E-state index is 0.172. The predicted molar refractivity (Wildman–Crippen MR) is 66.6 cm³/mol. The maximum atomic E-state index is 12.0. The van der Waals surface area contributed by atoms with Crippen molar-refractivity contribution < 1.29 is 4.79 Å². The van der Waals surface area contributed by atoms with E-state index in [0.717, 1.165) is 0 Å². The third-order valence-corrected chi connectivity index (χ3v) is 2.64. The van der Waals surface area contributed by atoms with E-state index in [9.17, 15) is 4.79 Å². The summed E-state index contributed by atoms with van der Waals surface area (Å²) in [4.78, 5) is 17.4. The number of nitrogens with zero attached hydrogens (tertiary/aromatic N) is 2. The molecule has 1 aromatic heterocycles. The summed E-state index contributed by atoms with van der Waals surface area (Å²) in [6.45, 7) is 0.900. The van der Waals surface area contributed by atoms with E-state index in [1.54, 1.807) is 11.0 Å². The predicted octanol–water partition coefficient (Wildman–Crippen LogP) is 2.65. The molecule has 1 heterocycles. The first-order valence-corrected chi connectivity index (χ1v) is 6.16. The number of aromatic nitrogens is 1. The second-order valence-corrected chi connectivity index (χ2v) is 4.19. The van der Waals surface area contributed by atoms with Gasteiger partial charge in [-0.1, -0.05) is 11.6 Å². The van der Waals surface area contributed by atoms with Crippen LogP contribution in [-0.2, 0) is 0 Å². The van der Waals surface area contributed by atoms with E-state index in [4.69, 9.17) is 34.8 Å². The van der Waals surface area contributed by atoms with Crippen LogP contribution in [0, 0.1) is 0 Å². The number of halogens is 3. The molecule has 88 valence electrons. The van der Waals surface area contributed by atoms with Crippen molar-refractivity contribution in [3.63, 3.8) is 0 Å². The Hall–Kier alpha value is -0.510. The number of alkyl halides is 2. The quantitative estimate of drug-likeness (QED) is 0.778. The lowest BCUT2D eigenvalue weighted by molar-refractivity contribution is 0.0775. The van der Waals surface area contributed by atoms with Crippen LogP contribution in [0.2, 0.25) is 5.02 Å². The SMILES string of the molecule is O=C(c1ccncc1Cl)N(CCCl)CCCl. The van der Waals surface area contributed by atoms with E-state index < -0.39 is 0 Å². The van der Waals surface area contributed by atoms with Gasteiger partial charge in [-0.3, -0.25) is 9.78 Å². The molecule has 0 saturated carbocycles. The Bertz CT molecular complexity index is 354. The van der Waals surface area contributed by atoms with Crippen molar-refractivity contribution in [3.8, 4) is 0 Å². The first-order chi connectivity index (χ1) is 7.70. The smallest absolute Gasteiger partial charge is 0.255 e. The van der Waals surface area contributed by atoms with Gasteiger partial charge in [0.15, 0.2) is 0 Å². The molecule has 6 heteroatoms. The van der Waals surface area contributed by atoms with Crippen LogP contribution in [0.3, 0.4) is 0 Å². The first kappa shape index (κ1) is 13.6. The molecule has 0 aromatic carbocycles. The maximum Gasteiger partial charge on any atom is 0.255 e. The molecule has 0 atom stereocenters. The molecular formula is C10H11Cl3N2O. The fourth-order valence-corrected chi connectivity index (χ4v) is 1.85. The van der Waals surface area contributed by atoms with Crippen LogP contribution >= 0.6 is 34.8 Å². The molecule has 0 aliphatic carbocycles. The average molecular weight is 282 g/mol. The van der Waals surface area contributed by atoms with Gasteiger partial charge in [0.05, 0.1) is 10.6 Å². The fraction of sp³-hybridized carbons (Fsp3) is 0.400. The van der Waals surface area contributed by atoms with E-state index in [0.29, 0.717) is 35.4 Å². The van der Waals surface area contributed by atoms with E-state index in [1.807, 2.05) is 0 Å². The van der Waals surface area contributed by atoms with E-state index >= 15 is 0 Å². The van der Waals surface area contributed by atoms with Gasteiger partial charge < -0.3 is 4.90 Å². The summed E-state index contributed by atoms with van der Waals surface area (Å²) in [5, 5.41) is 0.335. The number of amides is 1. The third-order valence-electron chi connectivity index (χ3n) is 2.00. The zero-order valence-corrected chi connectivity index (χ0v) is 10.8. The van der Waals surface area contributed by atoms with Crippen molar-refractivity contribution in [2.24, 2.45) is 0 Å². The Morgan fingerprint density at radius 1 is 1.31 bits per heavy atom. The van der Waals surface area contributed by atoms with Gasteiger partial charge in [-0.15, -0.1) is 23.2 Å². The molecule has 0 bridgehead atoms. The average Bonchev–Trinajstić information content (AvgIpc) is 2.28. The number of carbonyl (C=O) groups excluding carboxylic acids is 1. The van der Waals surface area contributed by atoms with Crippen LogP contribution < -0.4 is 0 Å². The van der Waals surface area contributed by atoms with Crippen molar-refractivity contribution >= 4 is 40.7 Å². The maximum absolute atomic E-state index is 12.0. The number of hydrogen-bond donors (Lipinski definition) is 0. The lowest BCUT2D eigenvalue weighted by Gasteiger charge is -2.20. The van der Waals surface area contributed by atoms with Crippen molar-refractivity contribution in [1.29, 1.82) is 0 Å². The molecule has 0 saturated heterocycles. The zero-order valence-electron chi connectivity index (χ0n) is 8.50. The fourth-order valence-electron chi connectivity index (χ4n) is 1.24. The minimum atomic E-state index is -0.172. The number of pyridine rings is 1. The second kappa shape index (κ2) is 6.94. The Morgan fingerprint density at radius 3 is 2.44 bits per heavy atom. The number of rotatable bonds is 5. The van der Waals surface area contributed by atoms with E-state index in [2.05, 4.69) is 4.98 Å². The van der Waals surface area contributed by atoms with Crippen molar-refractivity contribution in [1.82, 2.24) is 9.88 Å². The Labute approximate surface area is 109 Å². The van der Waals surface area contributed by atoms with Crippen LogP contribution in [-0.4, -0.2) is 40.6 Å². The van der Waals surface area contributed by atoms with Gasteiger partial charge in [-0.05, 0) is 6.07 Å². The van der Waals surface area contributed by atoms with Crippen molar-refractivity contribution in [2.45, 2.75) is 0 Å². The Balaban J connectivity index is 2.85. The van der Waals surface area contributed by atoms with E-state index in [-0.39, 0.29) is 5.91 Å². The summed E-state index contributed by atoms with van der Waals surface area (Å²) < 4.78 is 0. The molecular weight excluding hydrogens is 270 g/mol. The largest absolute Gasteiger partial charge is 0.336 e. The summed E-state index contributed by atoms with van der Waals surface area (Å²) in [5.74, 6) is 0.560. The molecule has 16 heavy (non-hydrogen) atoms. The van der Waals surface area contributed by atoms with Crippen molar-refractivity contribution in [2.75, 3.05) is 24.8 Å². The number of hydrogen-bond acceptors (Lipinski definition) is 2. The van der Waals surface area contributed by atoms with Gasteiger partial charge >= 0.3 is 0 Å². The highest BCUT2D eigenvalue weighted by Gasteiger charge is 2.17. The van der Waals surface area contributed by atoms with Gasteiger partial charge in [0.2, 0.25) is 0 Å². The van der Waals surface area contributed by atoms with Crippen LogP contribution in [0.1, 0.15) is 10.4 Å². The molecule has 1 rings (SSSR count). The van der Waals surface area contributed by atoms with Crippen LogP contribution in [0.25, 0.3) is 0 Å². The molecule has 0 aliphatic heterocycles. The van der Waals surface area contributed by atoms with Gasteiger partial charge in [-0.25, -0.2) is 0 Å². The molecule has 1 aromatic rings. The zero-order chi connectivity index (χ0) is 12.0. The Morgan fingerprint density at radius 2 is 1.94 bits per heavy atom. The van der Waals surface area contributed by atoms with Gasteiger partial charge in [0, 0.05) is 37.2 Å². The highest BCUT2D eigenvalue weighted by molar-refractivity contribution is 6.33. The lowest BCUT2D eigenvalue weighted by Crippen LogP contribution is -2.34. The summed E-state index contributed by atoms with van der Waals surface area (Å²) >= 11 is 17.1. The second-order valence-electron chi connectivity index (χ2n) is 3.03. The first-order valence-electron chi connectivity index (χ1n) is 4.71. The van der Waals surface area contributed by atoms with Gasteiger partial charge in [0.25, 0.3) is 5.91 Å². The monoisotopic (exact) mass is 280 g/mol. The number of carbonyl (C=O) groups is 1. The molecule has 1 amide bonds. The lowest BCUT2D eigenvalue weighted by atomic mass is 10.2. The summed E-state index contributed by atoms with van der Waals surface area (Å²) in [6.07, 6.45) is 2.97. The molecule has 0 radical (unpaired) electrons. The summed E-state index contributed by atoms with van der Waals surface area (Å²) in [7, 11) is 0. The van der Waals surface area contributed by atoms with Crippen molar-refractivity contribution in [3.05, 3.63) is 29.0 Å². The normalized spacial score (nSPS) is 10.2. The van der Waals surface area contributed by atoms with Gasteiger partial charge in [-0.2, -0.15) is 0 Å². The standard InChI is InChI=1S/C10H11Cl3N2O/c11-2-5-15(6-3-12)10(16)8-1-4-14-7-9(8)13/h1,4,7H,2-3,5-6H2. The molecule has 0 unspecified atom stereocenters. The third kappa shape index (κ3) is 3.51. The van der Waals surface area contributed by atoms with Gasteiger partial charge in [0.1, 0.15) is 0 Å². The minimum Gasteiger partial charge on any atom is -0.336 e. The van der Waals surface area contributed by atoms with Crippen LogP contribution in [0.15, 0.2) is 18.5 Å². The van der Waals surface area contributed by atoms with Crippen LogP contribution in [0.5, 0.6) is 0 Å².